The van der Waals surface area contributed by atoms with E-state index in [0.717, 1.165) is 0 Å². The Morgan fingerprint density at radius 3 is 2.00 bits per heavy atom. The molecule has 0 aliphatic carbocycles. The molecule has 0 heterocycles. The number of rotatable bonds is 8. The highest BCUT2D eigenvalue weighted by Gasteiger charge is 2.20. The first-order valence-electron chi connectivity index (χ1n) is 7.97. The number of anilines is 1. The molecule has 8 nitrogen and oxygen atoms in total. The number of ether oxygens (including phenoxy) is 4. The van der Waals surface area contributed by atoms with Gasteiger partial charge in [0.2, 0.25) is 0 Å². The molecule has 9 heteroatoms. The van der Waals surface area contributed by atoms with Crippen LogP contribution in [0.5, 0.6) is 23.0 Å². The minimum Gasteiger partial charge on any atom is -0.497 e. The maximum Gasteiger partial charge on any atom is 0.272 e. The first-order chi connectivity index (χ1) is 13.4. The lowest BCUT2D eigenvalue weighted by Gasteiger charge is -2.13. The third-order valence-electron chi connectivity index (χ3n) is 3.76. The van der Waals surface area contributed by atoms with Gasteiger partial charge in [0.1, 0.15) is 17.6 Å². The van der Waals surface area contributed by atoms with Crippen LogP contribution in [0.4, 0.5) is 5.69 Å². The van der Waals surface area contributed by atoms with Gasteiger partial charge in [-0.2, -0.15) is 5.26 Å². The van der Waals surface area contributed by atoms with Crippen LogP contribution in [0, 0.1) is 11.3 Å². The van der Waals surface area contributed by atoms with Gasteiger partial charge in [0.05, 0.1) is 28.4 Å². The molecule has 0 aromatic heterocycles. The van der Waals surface area contributed by atoms with Crippen molar-refractivity contribution in [1.29, 1.82) is 5.26 Å². The van der Waals surface area contributed by atoms with Crippen LogP contribution in [0.1, 0.15) is 5.56 Å². The lowest BCUT2D eigenvalue weighted by atomic mass is 10.1. The second kappa shape index (κ2) is 9.01. The van der Waals surface area contributed by atoms with Gasteiger partial charge in [0, 0.05) is 17.3 Å². The van der Waals surface area contributed by atoms with Gasteiger partial charge in [-0.05, 0) is 36.4 Å². The van der Waals surface area contributed by atoms with E-state index in [0.29, 0.717) is 34.2 Å². The van der Waals surface area contributed by atoms with E-state index >= 15 is 0 Å². The van der Waals surface area contributed by atoms with Crippen molar-refractivity contribution in [2.24, 2.45) is 0 Å². The zero-order chi connectivity index (χ0) is 20.7. The van der Waals surface area contributed by atoms with Crippen LogP contribution in [0.3, 0.4) is 0 Å². The average molecular weight is 404 g/mol. The highest BCUT2D eigenvalue weighted by Crippen LogP contribution is 2.36. The molecule has 0 saturated heterocycles. The Morgan fingerprint density at radius 2 is 1.50 bits per heavy atom. The van der Waals surface area contributed by atoms with Crippen LogP contribution in [0.2, 0.25) is 0 Å². The molecule has 28 heavy (non-hydrogen) atoms. The third kappa shape index (κ3) is 4.66. The molecule has 0 spiro atoms. The molecule has 0 aliphatic rings. The van der Waals surface area contributed by atoms with Crippen molar-refractivity contribution in [1.82, 2.24) is 0 Å². The Labute approximate surface area is 164 Å². The van der Waals surface area contributed by atoms with Crippen LogP contribution in [-0.4, -0.2) is 36.9 Å². The van der Waals surface area contributed by atoms with Crippen LogP contribution < -0.4 is 23.7 Å². The quantitative estimate of drug-likeness (QED) is 0.674. The Balaban J connectivity index is 2.45. The second-order valence-electron chi connectivity index (χ2n) is 5.40. The molecule has 0 unspecified atom stereocenters. The van der Waals surface area contributed by atoms with Crippen molar-refractivity contribution in [2.45, 2.75) is 0 Å². The number of nitrogens with zero attached hydrogens (tertiary/aromatic N) is 1. The number of benzene rings is 2. The van der Waals surface area contributed by atoms with Crippen molar-refractivity contribution in [3.8, 4) is 29.1 Å². The molecule has 1 N–H and O–H groups in total. The molecule has 2 aromatic carbocycles. The molecular weight excluding hydrogens is 384 g/mol. The van der Waals surface area contributed by atoms with Gasteiger partial charge in [0.25, 0.3) is 10.0 Å². The number of sulfonamides is 1. The summed E-state index contributed by atoms with van der Waals surface area (Å²) in [6.45, 7) is 0. The maximum atomic E-state index is 12.6. The summed E-state index contributed by atoms with van der Waals surface area (Å²) < 4.78 is 48.4. The maximum absolute atomic E-state index is 12.6. The minimum absolute atomic E-state index is 0.293. The Bertz CT molecular complexity index is 1010. The fraction of sp³-hybridized carbons (Fsp3) is 0.211. The molecule has 0 amide bonds. The molecular formula is C19H20N2O6S. The van der Waals surface area contributed by atoms with Gasteiger partial charge in [0.15, 0.2) is 16.4 Å². The number of hydrogen-bond donors (Lipinski definition) is 1. The van der Waals surface area contributed by atoms with Gasteiger partial charge >= 0.3 is 0 Å². The summed E-state index contributed by atoms with van der Waals surface area (Å²) in [5.74, 6) is 1.68. The fourth-order valence-electron chi connectivity index (χ4n) is 2.35. The highest BCUT2D eigenvalue weighted by atomic mass is 32.2. The van der Waals surface area contributed by atoms with Gasteiger partial charge in [-0.1, -0.05) is 0 Å². The van der Waals surface area contributed by atoms with E-state index in [2.05, 4.69) is 4.72 Å². The molecule has 148 valence electrons. The SMILES string of the molecule is COc1ccc(NS(=O)(=O)C(C#N)=Cc2cc(OC)c(OC)cc2OC)cc1. The number of allylic oxidation sites excluding steroid dienone is 1. The highest BCUT2D eigenvalue weighted by molar-refractivity contribution is 7.96. The van der Waals surface area contributed by atoms with E-state index in [-0.39, 0.29) is 0 Å². The van der Waals surface area contributed by atoms with E-state index < -0.39 is 14.9 Å². The van der Waals surface area contributed by atoms with Crippen molar-refractivity contribution in [3.05, 3.63) is 46.9 Å². The van der Waals surface area contributed by atoms with E-state index in [4.69, 9.17) is 18.9 Å². The zero-order valence-corrected chi connectivity index (χ0v) is 16.7. The van der Waals surface area contributed by atoms with Gasteiger partial charge in [-0.3, -0.25) is 4.72 Å². The predicted molar refractivity (Wildman–Crippen MR) is 105 cm³/mol. The lowest BCUT2D eigenvalue weighted by Crippen LogP contribution is -2.14. The van der Waals surface area contributed by atoms with Crippen molar-refractivity contribution in [2.75, 3.05) is 33.2 Å². The summed E-state index contributed by atoms with van der Waals surface area (Å²) in [7, 11) is 1.73. The largest absolute Gasteiger partial charge is 0.497 e. The Kier molecular flexibility index (Phi) is 6.74. The van der Waals surface area contributed by atoms with Gasteiger partial charge < -0.3 is 18.9 Å². The van der Waals surface area contributed by atoms with Crippen LogP contribution >= 0.6 is 0 Å². The summed E-state index contributed by atoms with van der Waals surface area (Å²) in [5, 5.41) is 9.42. The van der Waals surface area contributed by atoms with Crippen LogP contribution in [0.15, 0.2) is 41.3 Å². The summed E-state index contributed by atoms with van der Waals surface area (Å²) in [6.07, 6.45) is 1.20. The summed E-state index contributed by atoms with van der Waals surface area (Å²) in [6, 6.07) is 11.0. The fourth-order valence-corrected chi connectivity index (χ4v) is 3.30. The summed E-state index contributed by atoms with van der Waals surface area (Å²) in [5.41, 5.74) is 0.637. The molecule has 0 fully saturated rings. The average Bonchev–Trinajstić information content (AvgIpc) is 2.71. The molecule has 2 rings (SSSR count). The lowest BCUT2D eigenvalue weighted by molar-refractivity contribution is 0.348. The van der Waals surface area contributed by atoms with Crippen molar-refractivity contribution in [3.63, 3.8) is 0 Å². The Hall–Kier alpha value is -3.38. The molecule has 0 radical (unpaired) electrons. The second-order valence-corrected chi connectivity index (χ2v) is 7.05. The predicted octanol–water partition coefficient (Wildman–Crippen LogP) is 3.03. The molecule has 2 aromatic rings. The van der Waals surface area contributed by atoms with Crippen LogP contribution in [-0.2, 0) is 10.0 Å². The van der Waals surface area contributed by atoms with Crippen molar-refractivity contribution >= 4 is 21.8 Å². The topological polar surface area (TPSA) is 107 Å². The third-order valence-corrected chi connectivity index (χ3v) is 5.06. The molecule has 0 saturated carbocycles. The molecule has 0 aliphatic heterocycles. The van der Waals surface area contributed by atoms with E-state index in [1.165, 1.54) is 52.7 Å². The number of nitrogens with one attached hydrogen (secondary N) is 1. The standard InChI is InChI=1S/C19H20N2O6S/c1-24-15-7-5-14(6-8-15)21-28(22,23)16(12-20)9-13-10-18(26-3)19(27-4)11-17(13)25-2/h5-11,21H,1-4H3. The Morgan fingerprint density at radius 1 is 0.929 bits per heavy atom. The van der Waals surface area contributed by atoms with Crippen LogP contribution in [0.25, 0.3) is 6.08 Å². The molecule has 0 bridgehead atoms. The first-order valence-corrected chi connectivity index (χ1v) is 9.45. The number of methoxy groups -OCH3 is 4. The van der Waals surface area contributed by atoms with Gasteiger partial charge in [-0.25, -0.2) is 8.42 Å². The summed E-state index contributed by atoms with van der Waals surface area (Å²) >= 11 is 0. The number of hydrogen-bond acceptors (Lipinski definition) is 7. The first kappa shape index (κ1) is 20.9. The molecule has 0 atom stereocenters. The van der Waals surface area contributed by atoms with Crippen molar-refractivity contribution < 1.29 is 27.4 Å². The normalized spacial score (nSPS) is 11.3. The smallest absolute Gasteiger partial charge is 0.272 e. The zero-order valence-electron chi connectivity index (χ0n) is 15.8. The van der Waals surface area contributed by atoms with E-state index in [9.17, 15) is 13.7 Å². The number of nitriles is 1. The monoisotopic (exact) mass is 404 g/mol. The van der Waals surface area contributed by atoms with Gasteiger partial charge in [-0.15, -0.1) is 0 Å². The van der Waals surface area contributed by atoms with E-state index in [1.807, 2.05) is 0 Å². The van der Waals surface area contributed by atoms with E-state index in [1.54, 1.807) is 24.3 Å². The summed E-state index contributed by atoms with van der Waals surface area (Å²) in [4.78, 5) is -0.492. The minimum atomic E-state index is -4.12.